The van der Waals surface area contributed by atoms with Crippen LogP contribution in [0.2, 0.25) is 0 Å². The molecule has 2 aromatic rings. The Balaban J connectivity index is 0.000000313. The van der Waals surface area contributed by atoms with Crippen molar-refractivity contribution in [3.05, 3.63) is 89.0 Å². The van der Waals surface area contributed by atoms with Gasteiger partial charge in [-0.3, -0.25) is 14.4 Å². The molecule has 0 saturated heterocycles. The fourth-order valence-corrected chi connectivity index (χ4v) is 4.56. The number of hydrogen-bond acceptors (Lipinski definition) is 6. The van der Waals surface area contributed by atoms with Crippen LogP contribution in [0.5, 0.6) is 0 Å². The Kier molecular flexibility index (Phi) is 15.3. The number of amides is 1. The Morgan fingerprint density at radius 2 is 1.49 bits per heavy atom. The van der Waals surface area contributed by atoms with Crippen molar-refractivity contribution in [3.8, 4) is 0 Å². The molecular formula is C32H43NO6. The number of ether oxygens (including phenoxy) is 1. The summed E-state index contributed by atoms with van der Waals surface area (Å²) in [6.07, 6.45) is 6.50. The van der Waals surface area contributed by atoms with Gasteiger partial charge in [-0.25, -0.2) is 0 Å². The molecule has 2 aromatic carbocycles. The SMILES string of the molecule is C.CC(=O)N1CCC(CO)=C(c2ccccc2)C1.CC(=O)OC(C)=O.OCC1=CCCCC1c1ccccc1. The lowest BCUT2D eigenvalue weighted by Crippen LogP contribution is -2.35. The Labute approximate surface area is 232 Å². The monoisotopic (exact) mass is 537 g/mol. The van der Waals surface area contributed by atoms with Gasteiger partial charge >= 0.3 is 11.9 Å². The Morgan fingerprint density at radius 1 is 0.897 bits per heavy atom. The molecule has 2 aliphatic rings. The number of hydrogen-bond donors (Lipinski definition) is 2. The predicted molar refractivity (Wildman–Crippen MR) is 155 cm³/mol. The topological polar surface area (TPSA) is 104 Å². The average molecular weight is 538 g/mol. The number of benzene rings is 2. The molecular weight excluding hydrogens is 494 g/mol. The first-order chi connectivity index (χ1) is 18.3. The summed E-state index contributed by atoms with van der Waals surface area (Å²) in [6.45, 7) is 5.56. The Morgan fingerprint density at radius 3 is 1.97 bits per heavy atom. The van der Waals surface area contributed by atoms with E-state index >= 15 is 0 Å². The number of allylic oxidation sites excluding steroid dienone is 1. The van der Waals surface area contributed by atoms with Crippen LogP contribution in [0, 0.1) is 0 Å². The molecule has 39 heavy (non-hydrogen) atoms. The number of aliphatic hydroxyl groups is 2. The third-order valence-electron chi connectivity index (χ3n) is 6.44. The van der Waals surface area contributed by atoms with E-state index in [0.717, 1.165) is 29.6 Å². The summed E-state index contributed by atoms with van der Waals surface area (Å²) in [5, 5.41) is 18.6. The molecule has 212 valence electrons. The van der Waals surface area contributed by atoms with Gasteiger partial charge in [-0.2, -0.15) is 0 Å². The summed E-state index contributed by atoms with van der Waals surface area (Å²) in [5.74, 6) is -0.578. The Hall–Kier alpha value is -3.55. The molecule has 0 spiro atoms. The highest BCUT2D eigenvalue weighted by atomic mass is 16.6. The van der Waals surface area contributed by atoms with Gasteiger partial charge in [0.1, 0.15) is 0 Å². The van der Waals surface area contributed by atoms with Gasteiger partial charge in [-0.15, -0.1) is 0 Å². The molecule has 1 unspecified atom stereocenters. The van der Waals surface area contributed by atoms with Gasteiger partial charge in [-0.05, 0) is 53.5 Å². The zero-order valence-electron chi connectivity index (χ0n) is 22.6. The molecule has 2 N–H and O–H groups in total. The highest BCUT2D eigenvalue weighted by molar-refractivity contribution is 5.82. The van der Waals surface area contributed by atoms with Crippen LogP contribution in [-0.2, 0) is 19.1 Å². The van der Waals surface area contributed by atoms with Gasteiger partial charge in [0.2, 0.25) is 5.91 Å². The number of nitrogens with zero attached hydrogens (tertiary/aromatic N) is 1. The zero-order chi connectivity index (χ0) is 27.9. The standard InChI is InChI=1S/C14H17NO2.C13H16O.C4H6O3.CH4/c1-11(17)15-8-7-13(10-16)14(9-15)12-5-3-2-4-6-12;14-10-12-8-4-5-9-13(12)11-6-2-1-3-7-11;1-3(5)7-4(2)6;/h2-6,16H,7-10H2,1H3;1-3,6-8,13-14H,4-5,9-10H2;1-2H3;1H4. The Bertz CT molecular complexity index is 1100. The number of aliphatic hydroxyl groups excluding tert-OH is 2. The van der Waals surface area contributed by atoms with E-state index in [9.17, 15) is 24.6 Å². The van der Waals surface area contributed by atoms with E-state index < -0.39 is 11.9 Å². The third kappa shape index (κ3) is 11.4. The first-order valence-corrected chi connectivity index (χ1v) is 12.9. The second-order valence-corrected chi connectivity index (χ2v) is 9.21. The van der Waals surface area contributed by atoms with Gasteiger partial charge < -0.3 is 19.8 Å². The summed E-state index contributed by atoms with van der Waals surface area (Å²) in [5.41, 5.74) is 5.78. The minimum Gasteiger partial charge on any atom is -0.394 e. The van der Waals surface area contributed by atoms with Gasteiger partial charge in [0.25, 0.3) is 0 Å². The van der Waals surface area contributed by atoms with Crippen LogP contribution in [-0.4, -0.2) is 59.3 Å². The van der Waals surface area contributed by atoms with Crippen LogP contribution < -0.4 is 0 Å². The molecule has 0 radical (unpaired) electrons. The highest BCUT2D eigenvalue weighted by Crippen LogP contribution is 2.33. The minimum absolute atomic E-state index is 0. The van der Waals surface area contributed by atoms with E-state index in [1.807, 2.05) is 41.3 Å². The molecule has 1 aliphatic heterocycles. The summed E-state index contributed by atoms with van der Waals surface area (Å²) >= 11 is 0. The lowest BCUT2D eigenvalue weighted by molar-refractivity contribution is -0.156. The largest absolute Gasteiger partial charge is 0.394 e. The molecule has 7 heteroatoms. The maximum Gasteiger partial charge on any atom is 0.310 e. The summed E-state index contributed by atoms with van der Waals surface area (Å²) in [6, 6.07) is 20.4. The van der Waals surface area contributed by atoms with E-state index in [0.29, 0.717) is 19.0 Å². The van der Waals surface area contributed by atoms with Gasteiger partial charge in [0.15, 0.2) is 0 Å². The summed E-state index contributed by atoms with van der Waals surface area (Å²) in [4.78, 5) is 32.9. The highest BCUT2D eigenvalue weighted by Gasteiger charge is 2.21. The first kappa shape index (κ1) is 33.5. The van der Waals surface area contributed by atoms with Crippen molar-refractivity contribution in [2.75, 3.05) is 26.3 Å². The maximum atomic E-state index is 11.4. The van der Waals surface area contributed by atoms with E-state index in [4.69, 9.17) is 0 Å². The molecule has 0 aromatic heterocycles. The normalized spacial score (nSPS) is 16.3. The molecule has 0 saturated carbocycles. The van der Waals surface area contributed by atoms with Gasteiger partial charge in [0.05, 0.1) is 13.2 Å². The molecule has 1 aliphatic carbocycles. The molecule has 1 heterocycles. The number of rotatable bonds is 4. The van der Waals surface area contributed by atoms with Crippen molar-refractivity contribution >= 4 is 23.4 Å². The van der Waals surface area contributed by atoms with Gasteiger partial charge in [-0.1, -0.05) is 74.2 Å². The van der Waals surface area contributed by atoms with Crippen molar-refractivity contribution in [3.63, 3.8) is 0 Å². The number of esters is 2. The summed E-state index contributed by atoms with van der Waals surface area (Å²) in [7, 11) is 0. The van der Waals surface area contributed by atoms with Crippen LogP contribution >= 0.6 is 0 Å². The molecule has 4 rings (SSSR count). The van der Waals surface area contributed by atoms with E-state index in [1.54, 1.807) is 6.92 Å². The van der Waals surface area contributed by atoms with Crippen LogP contribution in [0.4, 0.5) is 0 Å². The average Bonchev–Trinajstić information content (AvgIpc) is 2.93. The van der Waals surface area contributed by atoms with Gasteiger partial charge in [0, 0.05) is 39.8 Å². The minimum atomic E-state index is -0.562. The van der Waals surface area contributed by atoms with Crippen LogP contribution in [0.1, 0.15) is 70.9 Å². The second kappa shape index (κ2) is 17.9. The number of carbonyl (C=O) groups is 3. The molecule has 0 fully saturated rings. The van der Waals surface area contributed by atoms with Crippen molar-refractivity contribution in [2.45, 2.75) is 59.8 Å². The van der Waals surface area contributed by atoms with Crippen LogP contribution in [0.3, 0.4) is 0 Å². The zero-order valence-corrected chi connectivity index (χ0v) is 22.6. The predicted octanol–water partition coefficient (Wildman–Crippen LogP) is 5.29. The molecule has 1 amide bonds. The fourth-order valence-electron chi connectivity index (χ4n) is 4.56. The van der Waals surface area contributed by atoms with E-state index in [-0.39, 0.29) is 26.5 Å². The first-order valence-electron chi connectivity index (χ1n) is 12.9. The van der Waals surface area contributed by atoms with Crippen LogP contribution in [0.15, 0.2) is 77.9 Å². The number of carbonyl (C=O) groups excluding carboxylic acids is 3. The summed E-state index contributed by atoms with van der Waals surface area (Å²) < 4.78 is 3.97. The van der Waals surface area contributed by atoms with E-state index in [1.165, 1.54) is 37.8 Å². The van der Waals surface area contributed by atoms with E-state index in [2.05, 4.69) is 35.1 Å². The van der Waals surface area contributed by atoms with Crippen molar-refractivity contribution in [1.29, 1.82) is 0 Å². The second-order valence-electron chi connectivity index (χ2n) is 9.21. The lowest BCUT2D eigenvalue weighted by atomic mass is 9.83. The smallest absolute Gasteiger partial charge is 0.310 e. The molecule has 0 bridgehead atoms. The molecule has 7 nitrogen and oxygen atoms in total. The van der Waals surface area contributed by atoms with Crippen molar-refractivity contribution in [1.82, 2.24) is 4.90 Å². The molecule has 1 atom stereocenters. The van der Waals surface area contributed by atoms with Crippen LogP contribution in [0.25, 0.3) is 5.57 Å². The van der Waals surface area contributed by atoms with Crippen molar-refractivity contribution in [2.24, 2.45) is 0 Å². The quantitative estimate of drug-likeness (QED) is 0.312. The maximum absolute atomic E-state index is 11.4. The third-order valence-corrected chi connectivity index (χ3v) is 6.44. The lowest BCUT2D eigenvalue weighted by Gasteiger charge is -2.30. The fraction of sp³-hybridized carbons (Fsp3) is 0.406. The van der Waals surface area contributed by atoms with Crippen molar-refractivity contribution < 1.29 is 29.3 Å².